The van der Waals surface area contributed by atoms with Crippen molar-refractivity contribution in [3.8, 4) is 0 Å². The zero-order valence-electron chi connectivity index (χ0n) is 8.18. The van der Waals surface area contributed by atoms with Gasteiger partial charge in [-0.3, -0.25) is 4.79 Å². The fourth-order valence-electron chi connectivity index (χ4n) is 2.34. The van der Waals surface area contributed by atoms with Gasteiger partial charge in [-0.15, -0.1) is 0 Å². The van der Waals surface area contributed by atoms with Crippen LogP contribution in [0.1, 0.15) is 6.42 Å². The third-order valence-corrected chi connectivity index (χ3v) is 3.09. The predicted molar refractivity (Wildman–Crippen MR) is 47.1 cm³/mol. The lowest BCUT2D eigenvalue weighted by atomic mass is 10.0. The van der Waals surface area contributed by atoms with Gasteiger partial charge < -0.3 is 10.2 Å². The summed E-state index contributed by atoms with van der Waals surface area (Å²) in [6, 6.07) is 0. The topological polar surface area (TPSA) is 32.3 Å². The third kappa shape index (κ3) is 2.42. The van der Waals surface area contributed by atoms with Crippen LogP contribution >= 0.6 is 0 Å². The van der Waals surface area contributed by atoms with Gasteiger partial charge in [-0.2, -0.15) is 13.2 Å². The Morgan fingerprint density at radius 2 is 1.80 bits per heavy atom. The first kappa shape index (κ1) is 10.7. The average Bonchev–Trinajstić information content (AvgIpc) is 2.56. The molecule has 0 saturated carbocycles. The molecule has 2 saturated heterocycles. The summed E-state index contributed by atoms with van der Waals surface area (Å²) in [6.45, 7) is 2.60. The van der Waals surface area contributed by atoms with Crippen molar-refractivity contribution in [1.29, 1.82) is 0 Å². The number of amides is 1. The summed E-state index contributed by atoms with van der Waals surface area (Å²) in [5.74, 6) is -0.0822. The van der Waals surface area contributed by atoms with Gasteiger partial charge in [0.1, 0.15) is 6.42 Å². The molecular formula is C9H13F3N2O. The Hall–Kier alpha value is -0.780. The highest BCUT2D eigenvalue weighted by Crippen LogP contribution is 2.28. The Balaban J connectivity index is 1.88. The van der Waals surface area contributed by atoms with Crippen LogP contribution in [0, 0.1) is 11.8 Å². The maximum Gasteiger partial charge on any atom is 0.397 e. The van der Waals surface area contributed by atoms with Crippen LogP contribution in [0.2, 0.25) is 0 Å². The van der Waals surface area contributed by atoms with Gasteiger partial charge in [0.2, 0.25) is 5.91 Å². The van der Waals surface area contributed by atoms with E-state index in [-0.39, 0.29) is 0 Å². The van der Waals surface area contributed by atoms with Gasteiger partial charge in [0.25, 0.3) is 0 Å². The van der Waals surface area contributed by atoms with Crippen molar-refractivity contribution in [2.24, 2.45) is 11.8 Å². The van der Waals surface area contributed by atoms with E-state index in [9.17, 15) is 18.0 Å². The molecule has 2 rings (SSSR count). The minimum atomic E-state index is -4.38. The van der Waals surface area contributed by atoms with Crippen LogP contribution < -0.4 is 5.32 Å². The lowest BCUT2D eigenvalue weighted by molar-refractivity contribution is -0.160. The van der Waals surface area contributed by atoms with E-state index in [1.807, 2.05) is 0 Å². The normalized spacial score (nSPS) is 30.7. The molecule has 0 bridgehead atoms. The van der Waals surface area contributed by atoms with Crippen molar-refractivity contribution in [3.63, 3.8) is 0 Å². The van der Waals surface area contributed by atoms with Gasteiger partial charge in [0.15, 0.2) is 0 Å². The molecule has 0 aromatic carbocycles. The van der Waals surface area contributed by atoms with Gasteiger partial charge in [0.05, 0.1) is 0 Å². The molecule has 0 unspecified atom stereocenters. The Bertz CT molecular complexity index is 255. The molecule has 0 radical (unpaired) electrons. The van der Waals surface area contributed by atoms with E-state index in [1.54, 1.807) is 0 Å². The Morgan fingerprint density at radius 3 is 2.27 bits per heavy atom. The van der Waals surface area contributed by atoms with Crippen molar-refractivity contribution >= 4 is 5.91 Å². The van der Waals surface area contributed by atoms with Gasteiger partial charge in [-0.25, -0.2) is 0 Å². The molecule has 2 aliphatic rings. The number of carbonyl (C=O) groups is 1. The van der Waals surface area contributed by atoms with E-state index in [4.69, 9.17) is 0 Å². The van der Waals surface area contributed by atoms with Gasteiger partial charge in [0, 0.05) is 26.2 Å². The van der Waals surface area contributed by atoms with Crippen LogP contribution in [0.5, 0.6) is 0 Å². The molecule has 2 heterocycles. The molecule has 0 aliphatic carbocycles. The number of nitrogens with zero attached hydrogens (tertiary/aromatic N) is 1. The molecule has 0 aromatic rings. The largest absolute Gasteiger partial charge is 0.397 e. The highest BCUT2D eigenvalue weighted by molar-refractivity contribution is 5.77. The maximum absolute atomic E-state index is 12.0. The number of carbonyl (C=O) groups excluding carboxylic acids is 1. The van der Waals surface area contributed by atoms with Crippen LogP contribution in [0.25, 0.3) is 0 Å². The van der Waals surface area contributed by atoms with Gasteiger partial charge >= 0.3 is 6.18 Å². The minimum Gasteiger partial charge on any atom is -0.342 e. The Morgan fingerprint density at radius 1 is 1.27 bits per heavy atom. The van der Waals surface area contributed by atoms with E-state index in [2.05, 4.69) is 5.32 Å². The molecule has 2 fully saturated rings. The summed E-state index contributed by atoms with van der Waals surface area (Å²) < 4.78 is 36.0. The van der Waals surface area contributed by atoms with E-state index < -0.39 is 18.5 Å². The van der Waals surface area contributed by atoms with E-state index >= 15 is 0 Å². The SMILES string of the molecule is O=C(CC(F)(F)F)N1C[C@H]2CNC[C@H]2C1. The first-order valence-corrected chi connectivity index (χ1v) is 5.01. The van der Waals surface area contributed by atoms with Crippen molar-refractivity contribution in [1.82, 2.24) is 10.2 Å². The van der Waals surface area contributed by atoms with Crippen LogP contribution in [0.3, 0.4) is 0 Å². The number of fused-ring (bicyclic) bond motifs is 1. The summed E-state index contributed by atoms with van der Waals surface area (Å²) in [7, 11) is 0. The highest BCUT2D eigenvalue weighted by atomic mass is 19.4. The lowest BCUT2D eigenvalue weighted by Crippen LogP contribution is -2.34. The zero-order chi connectivity index (χ0) is 11.1. The summed E-state index contributed by atoms with van der Waals surface area (Å²) in [5, 5.41) is 3.17. The molecule has 0 aromatic heterocycles. The number of hydrogen-bond donors (Lipinski definition) is 1. The minimum absolute atomic E-state index is 0.349. The third-order valence-electron chi connectivity index (χ3n) is 3.09. The van der Waals surface area contributed by atoms with Crippen molar-refractivity contribution < 1.29 is 18.0 Å². The van der Waals surface area contributed by atoms with Crippen LogP contribution in [-0.2, 0) is 4.79 Å². The quantitative estimate of drug-likeness (QED) is 0.705. The molecule has 86 valence electrons. The summed E-state index contributed by atoms with van der Waals surface area (Å²) in [6.07, 6.45) is -5.70. The molecule has 6 heteroatoms. The van der Waals surface area contributed by atoms with Crippen LogP contribution in [0.15, 0.2) is 0 Å². The highest BCUT2D eigenvalue weighted by Gasteiger charge is 2.41. The summed E-state index contributed by atoms with van der Waals surface area (Å²) >= 11 is 0. The lowest BCUT2D eigenvalue weighted by Gasteiger charge is -2.18. The Labute approximate surface area is 85.6 Å². The number of hydrogen-bond acceptors (Lipinski definition) is 2. The van der Waals surface area contributed by atoms with Gasteiger partial charge in [-0.1, -0.05) is 0 Å². The number of halogens is 3. The van der Waals surface area contributed by atoms with Crippen molar-refractivity contribution in [2.45, 2.75) is 12.6 Å². The van der Waals surface area contributed by atoms with Crippen LogP contribution in [0.4, 0.5) is 13.2 Å². The zero-order valence-corrected chi connectivity index (χ0v) is 8.18. The number of nitrogens with one attached hydrogen (secondary N) is 1. The second-order valence-corrected chi connectivity index (χ2v) is 4.27. The molecule has 3 nitrogen and oxygen atoms in total. The smallest absolute Gasteiger partial charge is 0.342 e. The van der Waals surface area contributed by atoms with Crippen molar-refractivity contribution in [2.75, 3.05) is 26.2 Å². The molecule has 1 amide bonds. The molecule has 1 N–H and O–H groups in total. The predicted octanol–water partition coefficient (Wildman–Crippen LogP) is 0.617. The number of rotatable bonds is 1. The fraction of sp³-hybridized carbons (Fsp3) is 0.889. The first-order chi connectivity index (χ1) is 6.96. The molecule has 2 atom stereocenters. The number of likely N-dealkylation sites (tertiary alicyclic amines) is 1. The maximum atomic E-state index is 12.0. The average molecular weight is 222 g/mol. The second-order valence-electron chi connectivity index (χ2n) is 4.27. The standard InChI is InChI=1S/C9H13F3N2O/c10-9(11,12)1-8(15)14-4-6-2-13-3-7(6)5-14/h6-7,13H,1-5H2/t6-,7+. The molecular weight excluding hydrogens is 209 g/mol. The van der Waals surface area contributed by atoms with Crippen LogP contribution in [-0.4, -0.2) is 43.2 Å². The molecule has 0 spiro atoms. The summed E-state index contributed by atoms with van der Waals surface area (Å²) in [4.78, 5) is 12.6. The Kier molecular flexibility index (Phi) is 2.62. The first-order valence-electron chi connectivity index (χ1n) is 5.01. The molecule has 15 heavy (non-hydrogen) atoms. The monoisotopic (exact) mass is 222 g/mol. The fourth-order valence-corrected chi connectivity index (χ4v) is 2.34. The number of alkyl halides is 3. The second kappa shape index (κ2) is 3.66. The van der Waals surface area contributed by atoms with Gasteiger partial charge in [-0.05, 0) is 11.8 Å². The van der Waals surface area contributed by atoms with E-state index in [0.29, 0.717) is 24.9 Å². The summed E-state index contributed by atoms with van der Waals surface area (Å²) in [5.41, 5.74) is 0. The molecule has 2 aliphatic heterocycles. The van der Waals surface area contributed by atoms with E-state index in [1.165, 1.54) is 4.90 Å². The van der Waals surface area contributed by atoms with Crippen molar-refractivity contribution in [3.05, 3.63) is 0 Å². The van der Waals surface area contributed by atoms with E-state index in [0.717, 1.165) is 13.1 Å².